The van der Waals surface area contributed by atoms with E-state index in [9.17, 15) is 9.90 Å². The molecule has 7 nitrogen and oxygen atoms in total. The van der Waals surface area contributed by atoms with Crippen molar-refractivity contribution in [2.45, 2.75) is 39.9 Å². The summed E-state index contributed by atoms with van der Waals surface area (Å²) in [7, 11) is 1.61. The van der Waals surface area contributed by atoms with Gasteiger partial charge in [-0.25, -0.2) is 0 Å². The van der Waals surface area contributed by atoms with E-state index in [4.69, 9.17) is 14.2 Å². The Labute approximate surface area is 187 Å². The van der Waals surface area contributed by atoms with Crippen molar-refractivity contribution in [3.63, 3.8) is 0 Å². The summed E-state index contributed by atoms with van der Waals surface area (Å²) >= 11 is 0. The third kappa shape index (κ3) is 9.15. The summed E-state index contributed by atoms with van der Waals surface area (Å²) in [6.45, 7) is 13.2. The van der Waals surface area contributed by atoms with E-state index in [1.807, 2.05) is 17.0 Å². The minimum absolute atomic E-state index is 0.000744. The predicted molar refractivity (Wildman–Crippen MR) is 122 cm³/mol. The molecule has 1 amide bonds. The molecule has 0 radical (unpaired) electrons. The average Bonchev–Trinajstić information content (AvgIpc) is 2.72. The molecular weight excluding hydrogens is 396 g/mol. The first-order valence-electron chi connectivity index (χ1n) is 11.3. The first-order chi connectivity index (χ1) is 14.8. The van der Waals surface area contributed by atoms with Crippen molar-refractivity contribution < 1.29 is 24.1 Å². The molecule has 1 saturated heterocycles. The van der Waals surface area contributed by atoms with Gasteiger partial charge < -0.3 is 24.2 Å². The molecule has 2 rings (SSSR count). The number of nitrogens with zero attached hydrogens (tertiary/aromatic N) is 2. The van der Waals surface area contributed by atoms with Crippen LogP contribution in [0.1, 0.15) is 38.1 Å². The van der Waals surface area contributed by atoms with E-state index in [1.54, 1.807) is 19.2 Å². The van der Waals surface area contributed by atoms with Gasteiger partial charge in [-0.1, -0.05) is 27.7 Å². The van der Waals surface area contributed by atoms with Crippen molar-refractivity contribution in [3.05, 3.63) is 29.8 Å². The maximum Gasteiger partial charge on any atom is 0.253 e. The van der Waals surface area contributed by atoms with E-state index in [0.29, 0.717) is 63.4 Å². The highest BCUT2D eigenvalue weighted by atomic mass is 16.5. The number of morpholine rings is 1. The molecule has 7 heteroatoms. The van der Waals surface area contributed by atoms with Gasteiger partial charge in [0.1, 0.15) is 5.75 Å². The van der Waals surface area contributed by atoms with Crippen LogP contribution in [0.2, 0.25) is 0 Å². The molecule has 2 atom stereocenters. The van der Waals surface area contributed by atoms with Crippen LogP contribution in [0.3, 0.4) is 0 Å². The molecule has 1 heterocycles. The van der Waals surface area contributed by atoms with Crippen molar-refractivity contribution in [2.24, 2.45) is 11.8 Å². The van der Waals surface area contributed by atoms with Crippen LogP contribution < -0.4 is 4.74 Å². The monoisotopic (exact) mass is 436 g/mol. The first-order valence-corrected chi connectivity index (χ1v) is 11.3. The van der Waals surface area contributed by atoms with Crippen LogP contribution in [-0.2, 0) is 9.47 Å². The summed E-state index contributed by atoms with van der Waals surface area (Å²) in [6.07, 6.45) is -0.608. The number of carbonyl (C=O) groups excluding carboxylic acids is 1. The normalized spacial score (nSPS) is 18.4. The van der Waals surface area contributed by atoms with Gasteiger partial charge in [-0.2, -0.15) is 0 Å². The Morgan fingerprint density at radius 3 is 2.52 bits per heavy atom. The average molecular weight is 437 g/mol. The molecule has 176 valence electrons. The predicted octanol–water partition coefficient (Wildman–Crippen LogP) is 2.53. The van der Waals surface area contributed by atoms with Crippen molar-refractivity contribution in [1.82, 2.24) is 9.80 Å². The lowest BCUT2D eigenvalue weighted by molar-refractivity contribution is -0.0602. The molecule has 0 aliphatic carbocycles. The fourth-order valence-electron chi connectivity index (χ4n) is 3.69. The molecule has 0 aromatic heterocycles. The van der Waals surface area contributed by atoms with Gasteiger partial charge in [-0.05, 0) is 36.1 Å². The van der Waals surface area contributed by atoms with Crippen LogP contribution in [-0.4, -0.2) is 92.7 Å². The number of aliphatic hydroxyl groups is 1. The van der Waals surface area contributed by atoms with Crippen molar-refractivity contribution in [2.75, 3.05) is 59.7 Å². The number of aliphatic hydroxyl groups excluding tert-OH is 1. The maximum absolute atomic E-state index is 13.1. The second-order valence-corrected chi connectivity index (χ2v) is 9.17. The van der Waals surface area contributed by atoms with Crippen molar-refractivity contribution in [3.8, 4) is 5.75 Å². The standard InChI is InChI=1S/C24H40N2O5/c1-18(2)12-26(24(28)20-6-8-22(29-5)9-7-20)15-23-14-25(10-11-31-23)13-21(27)17-30-16-19(3)4/h6-9,18-19,21,23,27H,10-17H2,1-5H3. The second-order valence-electron chi connectivity index (χ2n) is 9.17. The summed E-state index contributed by atoms with van der Waals surface area (Å²) in [6, 6.07) is 7.22. The minimum Gasteiger partial charge on any atom is -0.497 e. The van der Waals surface area contributed by atoms with E-state index >= 15 is 0 Å². The van der Waals surface area contributed by atoms with Crippen LogP contribution in [0.5, 0.6) is 5.75 Å². The van der Waals surface area contributed by atoms with Crippen LogP contribution in [0.4, 0.5) is 0 Å². The molecule has 0 bridgehead atoms. The lowest BCUT2D eigenvalue weighted by Gasteiger charge is -2.37. The molecular formula is C24H40N2O5. The van der Waals surface area contributed by atoms with Gasteiger partial charge in [0, 0.05) is 44.9 Å². The van der Waals surface area contributed by atoms with Crippen LogP contribution in [0, 0.1) is 11.8 Å². The summed E-state index contributed by atoms with van der Waals surface area (Å²) in [4.78, 5) is 17.2. The number of benzene rings is 1. The number of ether oxygens (including phenoxy) is 3. The fraction of sp³-hybridized carbons (Fsp3) is 0.708. The summed E-state index contributed by atoms with van der Waals surface area (Å²) in [5.74, 6) is 1.53. The Bertz CT molecular complexity index is 650. The van der Waals surface area contributed by atoms with Gasteiger partial charge >= 0.3 is 0 Å². The molecule has 1 aliphatic rings. The first kappa shape index (κ1) is 25.6. The van der Waals surface area contributed by atoms with Gasteiger partial charge in [-0.15, -0.1) is 0 Å². The van der Waals surface area contributed by atoms with Gasteiger partial charge in [0.2, 0.25) is 0 Å². The minimum atomic E-state index is -0.523. The zero-order valence-electron chi connectivity index (χ0n) is 19.8. The third-order valence-electron chi connectivity index (χ3n) is 5.09. The molecule has 1 fully saturated rings. The van der Waals surface area contributed by atoms with Crippen molar-refractivity contribution in [1.29, 1.82) is 0 Å². The van der Waals surface area contributed by atoms with Gasteiger partial charge in [0.25, 0.3) is 5.91 Å². The molecule has 0 saturated carbocycles. The highest BCUT2D eigenvalue weighted by Gasteiger charge is 2.27. The Balaban J connectivity index is 1.93. The SMILES string of the molecule is COc1ccc(C(=O)N(CC(C)C)CC2CN(CC(O)COCC(C)C)CCO2)cc1. The lowest BCUT2D eigenvalue weighted by atomic mass is 10.1. The zero-order chi connectivity index (χ0) is 22.8. The topological polar surface area (TPSA) is 71.5 Å². The molecule has 1 aromatic carbocycles. The smallest absolute Gasteiger partial charge is 0.253 e. The van der Waals surface area contributed by atoms with E-state index in [-0.39, 0.29) is 12.0 Å². The van der Waals surface area contributed by atoms with Crippen LogP contribution in [0.25, 0.3) is 0 Å². The summed E-state index contributed by atoms with van der Waals surface area (Å²) in [5.41, 5.74) is 0.645. The fourth-order valence-corrected chi connectivity index (χ4v) is 3.69. The number of methoxy groups -OCH3 is 1. The number of rotatable bonds is 12. The Kier molecular flexibility index (Phi) is 10.7. The lowest BCUT2D eigenvalue weighted by Crippen LogP contribution is -2.51. The highest BCUT2D eigenvalue weighted by molar-refractivity contribution is 5.94. The Morgan fingerprint density at radius 1 is 1.19 bits per heavy atom. The Hall–Kier alpha value is -1.67. The van der Waals surface area contributed by atoms with Crippen molar-refractivity contribution >= 4 is 5.91 Å². The summed E-state index contributed by atoms with van der Waals surface area (Å²) in [5, 5.41) is 10.3. The van der Waals surface area contributed by atoms with E-state index in [1.165, 1.54) is 0 Å². The molecule has 1 aliphatic heterocycles. The van der Waals surface area contributed by atoms with E-state index in [0.717, 1.165) is 12.3 Å². The van der Waals surface area contributed by atoms with Gasteiger partial charge in [0.05, 0.1) is 32.5 Å². The number of hydrogen-bond acceptors (Lipinski definition) is 6. The van der Waals surface area contributed by atoms with Gasteiger partial charge in [-0.3, -0.25) is 9.69 Å². The molecule has 1 N–H and O–H groups in total. The molecule has 31 heavy (non-hydrogen) atoms. The van der Waals surface area contributed by atoms with Crippen LogP contribution >= 0.6 is 0 Å². The zero-order valence-corrected chi connectivity index (χ0v) is 19.8. The quantitative estimate of drug-likeness (QED) is 0.543. The molecule has 0 spiro atoms. The maximum atomic E-state index is 13.1. The number of β-amino-alcohol motifs (C(OH)–C–C–N with tert-alkyl or cyclic N) is 1. The Morgan fingerprint density at radius 2 is 1.90 bits per heavy atom. The largest absolute Gasteiger partial charge is 0.497 e. The summed E-state index contributed by atoms with van der Waals surface area (Å²) < 4.78 is 16.7. The number of carbonyl (C=O) groups is 1. The van der Waals surface area contributed by atoms with Crippen LogP contribution in [0.15, 0.2) is 24.3 Å². The number of hydrogen-bond donors (Lipinski definition) is 1. The van der Waals surface area contributed by atoms with Gasteiger partial charge in [0.15, 0.2) is 0 Å². The third-order valence-corrected chi connectivity index (χ3v) is 5.09. The second kappa shape index (κ2) is 13.0. The molecule has 1 aromatic rings. The van der Waals surface area contributed by atoms with E-state index < -0.39 is 6.10 Å². The highest BCUT2D eigenvalue weighted by Crippen LogP contribution is 2.16. The molecule has 2 unspecified atom stereocenters. The number of amides is 1. The van der Waals surface area contributed by atoms with E-state index in [2.05, 4.69) is 32.6 Å².